The van der Waals surface area contributed by atoms with Gasteiger partial charge in [-0.3, -0.25) is 4.98 Å². The summed E-state index contributed by atoms with van der Waals surface area (Å²) in [6.45, 7) is 2.51. The lowest BCUT2D eigenvalue weighted by Gasteiger charge is -2.34. The highest BCUT2D eigenvalue weighted by Crippen LogP contribution is 2.39. The molecule has 2 fully saturated rings. The van der Waals surface area contributed by atoms with Gasteiger partial charge in [-0.05, 0) is 43.9 Å². The van der Waals surface area contributed by atoms with Crippen LogP contribution < -0.4 is 14.5 Å². The highest BCUT2D eigenvalue weighted by atomic mass is 16.5. The number of piperidine rings is 1. The van der Waals surface area contributed by atoms with Gasteiger partial charge in [-0.15, -0.1) is 0 Å². The van der Waals surface area contributed by atoms with Crippen LogP contribution in [0.4, 0.5) is 11.5 Å². The molecule has 1 aliphatic carbocycles. The SMILES string of the molecule is COc1nccnc1C1CCN(c2nc(C3CCC3)nc3ccc(N(C)CCO)cc23)CC1. The number of aliphatic hydroxyl groups excluding tert-OH is 1. The van der Waals surface area contributed by atoms with Gasteiger partial charge in [0.15, 0.2) is 0 Å². The zero-order valence-corrected chi connectivity index (χ0v) is 19.4. The standard InChI is InChI=1S/C25H32N6O2/c1-30(14-15-32)19-6-7-21-20(16-19)24(29-23(28-21)18-4-3-5-18)31-12-8-17(9-13-31)22-25(33-2)27-11-10-26-22/h6-7,10-11,16-18,32H,3-5,8-9,12-15H2,1-2H3. The molecule has 8 nitrogen and oxygen atoms in total. The molecule has 1 aliphatic heterocycles. The van der Waals surface area contributed by atoms with Crippen LogP contribution in [0.2, 0.25) is 0 Å². The average Bonchev–Trinajstić information content (AvgIpc) is 2.82. The Hall–Kier alpha value is -3.00. The zero-order valence-electron chi connectivity index (χ0n) is 19.4. The maximum Gasteiger partial charge on any atom is 0.235 e. The number of nitrogens with zero attached hydrogens (tertiary/aromatic N) is 6. The first-order chi connectivity index (χ1) is 16.2. The number of hydrogen-bond donors (Lipinski definition) is 1. The fraction of sp³-hybridized carbons (Fsp3) is 0.520. The molecule has 3 aromatic rings. The molecule has 0 spiro atoms. The Kier molecular flexibility index (Phi) is 6.26. The molecule has 0 atom stereocenters. The number of ether oxygens (including phenoxy) is 1. The van der Waals surface area contributed by atoms with Gasteiger partial charge in [-0.25, -0.2) is 15.0 Å². The van der Waals surface area contributed by atoms with Crippen LogP contribution in [0.3, 0.4) is 0 Å². The van der Waals surface area contributed by atoms with Crippen LogP contribution in [0.1, 0.15) is 55.5 Å². The molecule has 2 aromatic heterocycles. The van der Waals surface area contributed by atoms with Crippen molar-refractivity contribution in [3.8, 4) is 5.88 Å². The van der Waals surface area contributed by atoms with E-state index in [1.807, 2.05) is 7.05 Å². The van der Waals surface area contributed by atoms with Gasteiger partial charge in [0.2, 0.25) is 5.88 Å². The molecule has 0 bridgehead atoms. The number of aromatic nitrogens is 4. The fourth-order valence-electron chi connectivity index (χ4n) is 4.86. The molecular weight excluding hydrogens is 416 g/mol. The van der Waals surface area contributed by atoms with Gasteiger partial charge in [0.25, 0.3) is 0 Å². The van der Waals surface area contributed by atoms with Crippen LogP contribution in [-0.4, -0.2) is 65.4 Å². The molecule has 174 valence electrons. The van der Waals surface area contributed by atoms with Crippen molar-refractivity contribution in [1.29, 1.82) is 0 Å². The van der Waals surface area contributed by atoms with Crippen LogP contribution in [0.5, 0.6) is 5.88 Å². The number of aliphatic hydroxyl groups is 1. The van der Waals surface area contributed by atoms with Gasteiger partial charge in [0, 0.05) is 62.0 Å². The number of methoxy groups -OCH3 is 1. The Morgan fingerprint density at radius 2 is 1.85 bits per heavy atom. The number of hydrogen-bond acceptors (Lipinski definition) is 8. The molecule has 33 heavy (non-hydrogen) atoms. The molecule has 2 aliphatic rings. The number of likely N-dealkylation sites (N-methyl/N-ethyl adjacent to an activating group) is 1. The van der Waals surface area contributed by atoms with Gasteiger partial charge >= 0.3 is 0 Å². The number of benzene rings is 1. The average molecular weight is 449 g/mol. The summed E-state index contributed by atoms with van der Waals surface area (Å²) in [4.78, 5) is 23.4. The topological polar surface area (TPSA) is 87.5 Å². The predicted octanol–water partition coefficient (Wildman–Crippen LogP) is 3.51. The summed E-state index contributed by atoms with van der Waals surface area (Å²) in [5.41, 5.74) is 3.02. The maximum absolute atomic E-state index is 9.36. The number of anilines is 2. The Balaban J connectivity index is 1.46. The van der Waals surface area contributed by atoms with Crippen molar-refractivity contribution < 1.29 is 9.84 Å². The second kappa shape index (κ2) is 9.47. The van der Waals surface area contributed by atoms with Crippen LogP contribution in [0.15, 0.2) is 30.6 Å². The molecule has 3 heterocycles. The minimum Gasteiger partial charge on any atom is -0.480 e. The molecule has 0 radical (unpaired) electrons. The van der Waals surface area contributed by atoms with Crippen LogP contribution in [0, 0.1) is 0 Å². The van der Waals surface area contributed by atoms with Gasteiger partial charge in [0.05, 0.1) is 19.2 Å². The Morgan fingerprint density at radius 1 is 1.06 bits per heavy atom. The highest BCUT2D eigenvalue weighted by molar-refractivity contribution is 5.92. The van der Waals surface area contributed by atoms with E-state index < -0.39 is 0 Å². The molecule has 0 amide bonds. The largest absolute Gasteiger partial charge is 0.480 e. The summed E-state index contributed by atoms with van der Waals surface area (Å²) in [5.74, 6) is 3.46. The summed E-state index contributed by atoms with van der Waals surface area (Å²) >= 11 is 0. The summed E-state index contributed by atoms with van der Waals surface area (Å²) in [6.07, 6.45) is 8.99. The van der Waals surface area contributed by atoms with E-state index in [4.69, 9.17) is 14.7 Å². The minimum atomic E-state index is 0.123. The van der Waals surface area contributed by atoms with Crippen molar-refractivity contribution >= 4 is 22.4 Å². The van der Waals surface area contributed by atoms with Crippen LogP contribution >= 0.6 is 0 Å². The van der Waals surface area contributed by atoms with Gasteiger partial charge in [-0.1, -0.05) is 6.42 Å². The van der Waals surface area contributed by atoms with Crippen LogP contribution in [-0.2, 0) is 0 Å². The number of rotatable bonds is 7. The zero-order chi connectivity index (χ0) is 22.8. The first-order valence-corrected chi connectivity index (χ1v) is 11.9. The van der Waals surface area contributed by atoms with Crippen LogP contribution in [0.25, 0.3) is 10.9 Å². The smallest absolute Gasteiger partial charge is 0.235 e. The van der Waals surface area contributed by atoms with Crippen molar-refractivity contribution in [3.05, 3.63) is 42.1 Å². The second-order valence-electron chi connectivity index (χ2n) is 9.09. The van der Waals surface area contributed by atoms with E-state index in [2.05, 4.69) is 38.0 Å². The summed E-state index contributed by atoms with van der Waals surface area (Å²) < 4.78 is 5.45. The molecule has 1 aromatic carbocycles. The van der Waals surface area contributed by atoms with Gasteiger partial charge in [0.1, 0.15) is 17.3 Å². The van der Waals surface area contributed by atoms with E-state index in [1.165, 1.54) is 19.3 Å². The minimum absolute atomic E-state index is 0.123. The predicted molar refractivity (Wildman–Crippen MR) is 129 cm³/mol. The molecule has 0 unspecified atom stereocenters. The van der Waals surface area contributed by atoms with Crippen molar-refractivity contribution in [3.63, 3.8) is 0 Å². The quantitative estimate of drug-likeness (QED) is 0.588. The Labute approximate surface area is 194 Å². The first kappa shape index (κ1) is 21.8. The lowest BCUT2D eigenvalue weighted by Crippen LogP contribution is -2.34. The molecule has 5 rings (SSSR count). The van der Waals surface area contributed by atoms with Gasteiger partial charge < -0.3 is 19.6 Å². The summed E-state index contributed by atoms with van der Waals surface area (Å²) in [5, 5.41) is 10.4. The normalized spacial score (nSPS) is 17.2. The molecule has 1 N–H and O–H groups in total. The molecule has 8 heteroatoms. The van der Waals surface area contributed by atoms with E-state index in [-0.39, 0.29) is 6.61 Å². The van der Waals surface area contributed by atoms with E-state index >= 15 is 0 Å². The Morgan fingerprint density at radius 3 is 2.55 bits per heavy atom. The third-order valence-corrected chi connectivity index (χ3v) is 7.09. The Bertz CT molecular complexity index is 1110. The molecule has 1 saturated carbocycles. The highest BCUT2D eigenvalue weighted by Gasteiger charge is 2.29. The van der Waals surface area contributed by atoms with Gasteiger partial charge in [-0.2, -0.15) is 0 Å². The summed E-state index contributed by atoms with van der Waals surface area (Å²) in [6, 6.07) is 6.36. The fourth-order valence-corrected chi connectivity index (χ4v) is 4.86. The molecular formula is C25H32N6O2. The van der Waals surface area contributed by atoms with Crippen molar-refractivity contribution in [2.75, 3.05) is 50.2 Å². The third kappa shape index (κ3) is 4.31. The van der Waals surface area contributed by atoms with E-state index in [0.29, 0.717) is 24.3 Å². The lowest BCUT2D eigenvalue weighted by molar-refractivity contribution is 0.304. The third-order valence-electron chi connectivity index (χ3n) is 7.09. The maximum atomic E-state index is 9.36. The lowest BCUT2D eigenvalue weighted by atomic mass is 9.84. The van der Waals surface area contributed by atoms with E-state index in [1.54, 1.807) is 19.5 Å². The van der Waals surface area contributed by atoms with E-state index in [0.717, 1.165) is 59.9 Å². The second-order valence-corrected chi connectivity index (χ2v) is 9.09. The van der Waals surface area contributed by atoms with Crippen molar-refractivity contribution in [1.82, 2.24) is 19.9 Å². The van der Waals surface area contributed by atoms with Crippen molar-refractivity contribution in [2.45, 2.75) is 43.9 Å². The van der Waals surface area contributed by atoms with Crippen molar-refractivity contribution in [2.24, 2.45) is 0 Å². The summed E-state index contributed by atoms with van der Waals surface area (Å²) in [7, 11) is 3.66. The first-order valence-electron chi connectivity index (χ1n) is 11.9. The van der Waals surface area contributed by atoms with E-state index in [9.17, 15) is 5.11 Å². The molecule has 1 saturated heterocycles. The number of fused-ring (bicyclic) bond motifs is 1. The monoisotopic (exact) mass is 448 g/mol.